The van der Waals surface area contributed by atoms with Crippen LogP contribution in [0.2, 0.25) is 0 Å². The second kappa shape index (κ2) is 7.19. The van der Waals surface area contributed by atoms with Crippen molar-refractivity contribution in [1.82, 2.24) is 9.62 Å². The van der Waals surface area contributed by atoms with Crippen LogP contribution in [0.5, 0.6) is 0 Å². The van der Waals surface area contributed by atoms with Gasteiger partial charge in [0.15, 0.2) is 0 Å². The predicted octanol–water partition coefficient (Wildman–Crippen LogP) is 1.97. The first-order valence-electron chi connectivity index (χ1n) is 7.23. The first-order valence-corrected chi connectivity index (χ1v) is 9.48. The zero-order chi connectivity index (χ0) is 15.5. The molecular formula is C14H24N2O3S2. The Morgan fingerprint density at radius 3 is 2.81 bits per heavy atom. The van der Waals surface area contributed by atoms with Crippen molar-refractivity contribution in [3.8, 4) is 0 Å². The van der Waals surface area contributed by atoms with Crippen LogP contribution in [0.15, 0.2) is 11.0 Å². The van der Waals surface area contributed by atoms with Gasteiger partial charge in [-0.05, 0) is 32.3 Å². The van der Waals surface area contributed by atoms with Crippen molar-refractivity contribution in [2.75, 3.05) is 27.3 Å². The molecule has 21 heavy (non-hydrogen) atoms. The molecule has 0 radical (unpaired) electrons. The quantitative estimate of drug-likeness (QED) is 0.703. The molecule has 0 amide bonds. The van der Waals surface area contributed by atoms with Crippen molar-refractivity contribution in [1.29, 1.82) is 0 Å². The maximum Gasteiger partial charge on any atom is 0.243 e. The van der Waals surface area contributed by atoms with E-state index >= 15 is 0 Å². The number of hydrogen-bond donors (Lipinski definition) is 1. The van der Waals surface area contributed by atoms with Crippen LogP contribution >= 0.6 is 11.3 Å². The van der Waals surface area contributed by atoms with E-state index in [0.29, 0.717) is 30.5 Å². The Hall–Kier alpha value is -0.470. The number of ether oxygens (including phenoxy) is 1. The number of sulfonamides is 1. The minimum Gasteiger partial charge on any atom is -0.385 e. The summed E-state index contributed by atoms with van der Waals surface area (Å²) in [5.41, 5.74) is 0. The number of rotatable bonds is 9. The Labute approximate surface area is 131 Å². The third-order valence-electron chi connectivity index (χ3n) is 3.58. The normalized spacial score (nSPS) is 15.8. The standard InChI is InChI=1S/C14H24N2O3S2/c1-11-14(9-13(20-11)10-15-12-5-6-12)21(17,18)16(2)7-4-8-19-3/h9,12,15H,4-8,10H2,1-3H3. The van der Waals surface area contributed by atoms with Gasteiger partial charge in [-0.25, -0.2) is 12.7 Å². The van der Waals surface area contributed by atoms with E-state index in [4.69, 9.17) is 4.74 Å². The molecule has 1 aromatic rings. The van der Waals surface area contributed by atoms with E-state index in [1.54, 1.807) is 25.5 Å². The summed E-state index contributed by atoms with van der Waals surface area (Å²) in [7, 11) is -0.141. The smallest absolute Gasteiger partial charge is 0.243 e. The molecule has 120 valence electrons. The number of thiophene rings is 1. The average molecular weight is 332 g/mol. The molecule has 1 saturated carbocycles. The highest BCUT2D eigenvalue weighted by atomic mass is 32.2. The summed E-state index contributed by atoms with van der Waals surface area (Å²) in [5.74, 6) is 0. The average Bonchev–Trinajstić information content (AvgIpc) is 3.18. The van der Waals surface area contributed by atoms with Crippen LogP contribution in [-0.4, -0.2) is 46.1 Å². The van der Waals surface area contributed by atoms with E-state index in [2.05, 4.69) is 5.32 Å². The Kier molecular flexibility index (Phi) is 5.79. The van der Waals surface area contributed by atoms with Crippen molar-refractivity contribution >= 4 is 21.4 Å². The fraction of sp³-hybridized carbons (Fsp3) is 0.714. The molecule has 0 aromatic carbocycles. The van der Waals surface area contributed by atoms with Gasteiger partial charge in [0.25, 0.3) is 0 Å². The topological polar surface area (TPSA) is 58.6 Å². The second-order valence-electron chi connectivity index (χ2n) is 5.46. The van der Waals surface area contributed by atoms with Crippen molar-refractivity contribution in [3.63, 3.8) is 0 Å². The first kappa shape index (κ1) is 16.9. The molecule has 1 fully saturated rings. The second-order valence-corrected chi connectivity index (χ2v) is 8.82. The van der Waals surface area contributed by atoms with Crippen molar-refractivity contribution < 1.29 is 13.2 Å². The molecule has 0 bridgehead atoms. The molecule has 1 aliphatic rings. The minimum absolute atomic E-state index is 0.444. The maximum absolute atomic E-state index is 12.6. The Balaban J connectivity index is 2.03. The molecule has 1 aliphatic carbocycles. The molecule has 0 atom stereocenters. The zero-order valence-corrected chi connectivity index (χ0v) is 14.5. The van der Waals surface area contributed by atoms with Crippen LogP contribution < -0.4 is 5.32 Å². The highest BCUT2D eigenvalue weighted by Gasteiger charge is 2.25. The molecule has 5 nitrogen and oxygen atoms in total. The van der Waals surface area contributed by atoms with Gasteiger partial charge in [-0.3, -0.25) is 0 Å². The van der Waals surface area contributed by atoms with Gasteiger partial charge in [-0.1, -0.05) is 0 Å². The van der Waals surface area contributed by atoms with Gasteiger partial charge in [0.1, 0.15) is 0 Å². The molecule has 0 spiro atoms. The van der Waals surface area contributed by atoms with Crippen LogP contribution in [-0.2, 0) is 21.3 Å². The van der Waals surface area contributed by atoms with Crippen molar-refractivity contribution in [2.24, 2.45) is 0 Å². The van der Waals surface area contributed by atoms with Crippen LogP contribution in [0.4, 0.5) is 0 Å². The van der Waals surface area contributed by atoms with Crippen LogP contribution in [0, 0.1) is 6.92 Å². The molecule has 0 saturated heterocycles. The van der Waals surface area contributed by atoms with Gasteiger partial charge in [0.05, 0.1) is 4.90 Å². The van der Waals surface area contributed by atoms with Gasteiger partial charge >= 0.3 is 0 Å². The van der Waals surface area contributed by atoms with Gasteiger partial charge in [-0.2, -0.15) is 0 Å². The van der Waals surface area contributed by atoms with Gasteiger partial charge in [0, 0.05) is 49.6 Å². The van der Waals surface area contributed by atoms with Gasteiger partial charge in [0.2, 0.25) is 10.0 Å². The molecule has 2 rings (SSSR count). The van der Waals surface area contributed by atoms with Crippen LogP contribution in [0.25, 0.3) is 0 Å². The lowest BCUT2D eigenvalue weighted by Crippen LogP contribution is -2.28. The lowest BCUT2D eigenvalue weighted by Gasteiger charge is -2.16. The van der Waals surface area contributed by atoms with Crippen LogP contribution in [0.3, 0.4) is 0 Å². The minimum atomic E-state index is -3.39. The maximum atomic E-state index is 12.6. The van der Waals surface area contributed by atoms with Crippen molar-refractivity contribution in [3.05, 3.63) is 15.8 Å². The third-order valence-corrected chi connectivity index (χ3v) is 6.74. The van der Waals surface area contributed by atoms with Crippen LogP contribution in [0.1, 0.15) is 29.0 Å². The van der Waals surface area contributed by atoms with E-state index in [9.17, 15) is 8.42 Å². The zero-order valence-electron chi connectivity index (χ0n) is 12.9. The summed E-state index contributed by atoms with van der Waals surface area (Å²) < 4.78 is 31.6. The Bertz CT molecular complexity index is 565. The summed E-state index contributed by atoms with van der Waals surface area (Å²) in [6.07, 6.45) is 3.17. The monoisotopic (exact) mass is 332 g/mol. The van der Waals surface area contributed by atoms with E-state index in [1.165, 1.54) is 17.1 Å². The summed E-state index contributed by atoms with van der Waals surface area (Å²) in [6.45, 7) is 3.68. The van der Waals surface area contributed by atoms with E-state index in [0.717, 1.165) is 16.3 Å². The fourth-order valence-corrected chi connectivity index (χ4v) is 4.88. The summed E-state index contributed by atoms with van der Waals surface area (Å²) in [4.78, 5) is 2.39. The number of nitrogens with zero attached hydrogens (tertiary/aromatic N) is 1. The molecular weight excluding hydrogens is 308 g/mol. The predicted molar refractivity (Wildman–Crippen MR) is 85.2 cm³/mol. The molecule has 1 aromatic heterocycles. The Morgan fingerprint density at radius 1 is 1.48 bits per heavy atom. The third kappa shape index (κ3) is 4.50. The largest absolute Gasteiger partial charge is 0.385 e. The molecule has 0 aliphatic heterocycles. The summed E-state index contributed by atoms with van der Waals surface area (Å²) in [6, 6.07) is 2.45. The number of nitrogens with one attached hydrogen (secondary N) is 1. The van der Waals surface area contributed by atoms with E-state index < -0.39 is 10.0 Å². The van der Waals surface area contributed by atoms with Crippen molar-refractivity contribution in [2.45, 2.75) is 43.7 Å². The fourth-order valence-electron chi connectivity index (χ4n) is 2.12. The number of aryl methyl sites for hydroxylation is 1. The summed E-state index contributed by atoms with van der Waals surface area (Å²) in [5, 5.41) is 3.42. The lowest BCUT2D eigenvalue weighted by atomic mass is 10.4. The Morgan fingerprint density at radius 2 is 2.19 bits per heavy atom. The lowest BCUT2D eigenvalue weighted by molar-refractivity contribution is 0.189. The molecule has 1 N–H and O–H groups in total. The number of methoxy groups -OCH3 is 1. The summed E-state index contributed by atoms with van der Waals surface area (Å²) >= 11 is 1.56. The van der Waals surface area contributed by atoms with E-state index in [1.807, 2.05) is 13.0 Å². The number of hydrogen-bond acceptors (Lipinski definition) is 5. The highest BCUT2D eigenvalue weighted by molar-refractivity contribution is 7.89. The van der Waals surface area contributed by atoms with E-state index in [-0.39, 0.29) is 0 Å². The molecule has 0 unspecified atom stereocenters. The SMILES string of the molecule is COCCCN(C)S(=O)(=O)c1cc(CNC2CC2)sc1C. The molecule has 1 heterocycles. The van der Waals surface area contributed by atoms with Gasteiger partial charge < -0.3 is 10.1 Å². The highest BCUT2D eigenvalue weighted by Crippen LogP contribution is 2.29. The molecule has 7 heteroatoms. The van der Waals surface area contributed by atoms with Gasteiger partial charge in [-0.15, -0.1) is 11.3 Å². The first-order chi connectivity index (χ1) is 9.95.